The molecule has 176 valence electrons. The molecule has 0 fully saturated rings. The van der Waals surface area contributed by atoms with E-state index in [1.54, 1.807) is 6.07 Å². The normalized spacial score (nSPS) is 11.3. The highest BCUT2D eigenvalue weighted by Crippen LogP contribution is 2.40. The van der Waals surface area contributed by atoms with Crippen molar-refractivity contribution >= 4 is 0 Å². The second-order valence-electron chi connectivity index (χ2n) is 8.60. The van der Waals surface area contributed by atoms with Crippen LogP contribution >= 0.6 is 0 Å². The highest BCUT2D eigenvalue weighted by Gasteiger charge is 2.31. The van der Waals surface area contributed by atoms with Gasteiger partial charge in [-0.05, 0) is 73.9 Å². The summed E-state index contributed by atoms with van der Waals surface area (Å²) in [5, 5.41) is 20.8. The quantitative estimate of drug-likeness (QED) is 0.414. The van der Waals surface area contributed by atoms with Crippen LogP contribution in [0.3, 0.4) is 0 Å². The van der Waals surface area contributed by atoms with Crippen molar-refractivity contribution in [3.63, 3.8) is 0 Å². The fourth-order valence-corrected chi connectivity index (χ4v) is 4.55. The molecule has 2 nitrogen and oxygen atoms in total. The Bertz CT molecular complexity index is 904. The Morgan fingerprint density at radius 2 is 1.28 bits per heavy atom. The van der Waals surface area contributed by atoms with Gasteiger partial charge in [-0.25, -0.2) is 0 Å². The maximum absolute atomic E-state index is 10.8. The molecule has 0 radical (unpaired) electrons. The molecule has 0 amide bonds. The van der Waals surface area contributed by atoms with Crippen molar-refractivity contribution in [2.24, 2.45) is 0 Å². The average molecular weight is 437 g/mol. The maximum atomic E-state index is 10.8. The van der Waals surface area contributed by atoms with Crippen molar-refractivity contribution in [2.75, 3.05) is 0 Å². The molecule has 0 saturated carbocycles. The first kappa shape index (κ1) is 27.8. The van der Waals surface area contributed by atoms with Gasteiger partial charge in [0.25, 0.3) is 0 Å². The third-order valence-corrected chi connectivity index (χ3v) is 6.49. The molecule has 0 aromatic heterocycles. The number of hydrogen-bond acceptors (Lipinski definition) is 2. The zero-order chi connectivity index (χ0) is 24.4. The van der Waals surface area contributed by atoms with E-state index in [-0.39, 0.29) is 5.41 Å². The molecular formula is C30H44O2. The molecule has 0 spiro atoms. The van der Waals surface area contributed by atoms with Crippen molar-refractivity contribution < 1.29 is 10.2 Å². The molecule has 0 bridgehead atoms. The number of hydrogen-bond donors (Lipinski definition) is 2. The second-order valence-corrected chi connectivity index (χ2v) is 8.60. The number of phenolic OH excluding ortho intramolecular Hbond substituents is 1. The van der Waals surface area contributed by atoms with Gasteiger partial charge in [0.2, 0.25) is 0 Å². The molecular weight excluding hydrogens is 392 g/mol. The number of rotatable bonds is 8. The van der Waals surface area contributed by atoms with Gasteiger partial charge in [-0.1, -0.05) is 90.5 Å². The van der Waals surface area contributed by atoms with E-state index < -0.39 is 5.60 Å². The van der Waals surface area contributed by atoms with E-state index in [0.717, 1.165) is 42.4 Å². The monoisotopic (exact) mass is 436 g/mol. The van der Waals surface area contributed by atoms with Gasteiger partial charge in [0.05, 0.1) is 0 Å². The van der Waals surface area contributed by atoms with Crippen LogP contribution in [0.4, 0.5) is 0 Å². The Morgan fingerprint density at radius 3 is 1.72 bits per heavy atom. The van der Waals surface area contributed by atoms with Crippen LogP contribution in [0.25, 0.3) is 0 Å². The van der Waals surface area contributed by atoms with Crippen molar-refractivity contribution in [1.82, 2.24) is 0 Å². The molecule has 2 N–H and O–H groups in total. The van der Waals surface area contributed by atoms with Crippen LogP contribution in [0, 0.1) is 25.7 Å². The summed E-state index contributed by atoms with van der Waals surface area (Å²) in [5.74, 6) is 6.77. The van der Waals surface area contributed by atoms with Crippen molar-refractivity contribution in [3.8, 4) is 17.6 Å². The minimum atomic E-state index is -0.894. The van der Waals surface area contributed by atoms with Gasteiger partial charge in [0.15, 0.2) is 0 Å². The van der Waals surface area contributed by atoms with Gasteiger partial charge in [-0.2, -0.15) is 0 Å². The second kappa shape index (κ2) is 12.7. The fourth-order valence-electron chi connectivity index (χ4n) is 4.55. The summed E-state index contributed by atoms with van der Waals surface area (Å²) in [5.41, 5.74) is 4.54. The lowest BCUT2D eigenvalue weighted by atomic mass is 9.70. The summed E-state index contributed by atoms with van der Waals surface area (Å²) < 4.78 is 0. The minimum Gasteiger partial charge on any atom is -0.508 e. The average Bonchev–Trinajstić information content (AvgIpc) is 2.78. The van der Waals surface area contributed by atoms with E-state index in [0.29, 0.717) is 18.6 Å². The molecule has 2 rings (SSSR count). The Balaban J connectivity index is 0.00000249. The Hall–Kier alpha value is -2.24. The zero-order valence-corrected chi connectivity index (χ0v) is 21.6. The van der Waals surface area contributed by atoms with Gasteiger partial charge in [0.1, 0.15) is 11.4 Å². The van der Waals surface area contributed by atoms with E-state index >= 15 is 0 Å². The molecule has 0 heterocycles. The summed E-state index contributed by atoms with van der Waals surface area (Å²) in [6.07, 6.45) is 5.21. The van der Waals surface area contributed by atoms with E-state index in [1.807, 2.05) is 26.8 Å². The molecule has 0 aliphatic rings. The molecule has 0 saturated heterocycles. The lowest BCUT2D eigenvalue weighted by Crippen LogP contribution is -2.26. The SMILES string of the molecule is CC.CCCC(O)(C#Cc1ccc(C(CC)(CC)c2ccc(O)c(C)c2)cc1C)CCC. The van der Waals surface area contributed by atoms with E-state index in [2.05, 4.69) is 70.7 Å². The van der Waals surface area contributed by atoms with E-state index in [9.17, 15) is 10.2 Å². The van der Waals surface area contributed by atoms with Crippen LogP contribution in [0.2, 0.25) is 0 Å². The van der Waals surface area contributed by atoms with Crippen LogP contribution in [0.15, 0.2) is 36.4 Å². The van der Waals surface area contributed by atoms with Crippen LogP contribution in [-0.2, 0) is 5.41 Å². The van der Waals surface area contributed by atoms with E-state index in [1.165, 1.54) is 11.1 Å². The Labute approximate surface area is 197 Å². The first-order valence-corrected chi connectivity index (χ1v) is 12.4. The zero-order valence-electron chi connectivity index (χ0n) is 21.6. The number of phenols is 1. The molecule has 2 heteroatoms. The van der Waals surface area contributed by atoms with Crippen molar-refractivity contribution in [3.05, 3.63) is 64.2 Å². The molecule has 0 atom stereocenters. The molecule has 0 aliphatic carbocycles. The minimum absolute atomic E-state index is 0.0969. The predicted molar refractivity (Wildman–Crippen MR) is 138 cm³/mol. The molecule has 32 heavy (non-hydrogen) atoms. The van der Waals surface area contributed by atoms with Crippen molar-refractivity contribution in [1.29, 1.82) is 0 Å². The molecule has 0 unspecified atom stereocenters. The number of aliphatic hydroxyl groups is 1. The lowest BCUT2D eigenvalue weighted by molar-refractivity contribution is 0.0807. The Kier molecular flexibility index (Phi) is 11.0. The van der Waals surface area contributed by atoms with Crippen molar-refractivity contribution in [2.45, 2.75) is 105 Å². The third kappa shape index (κ3) is 6.39. The largest absolute Gasteiger partial charge is 0.508 e. The highest BCUT2D eigenvalue weighted by atomic mass is 16.3. The summed E-state index contributed by atoms with van der Waals surface area (Å²) >= 11 is 0. The molecule has 2 aromatic rings. The van der Waals surface area contributed by atoms with Gasteiger partial charge < -0.3 is 10.2 Å². The summed E-state index contributed by atoms with van der Waals surface area (Å²) in [7, 11) is 0. The standard InChI is InChI=1S/C28H38O2.C2H6/c1-7-16-27(30,17-8-2)18-15-23-11-12-24(19-21(23)5)28(9-3,10-4)25-13-14-26(29)22(6)20-25;1-2/h11-14,19-20,29-30H,7-10,16-17H2,1-6H3;1-2H3. The summed E-state index contributed by atoms with van der Waals surface area (Å²) in [6.45, 7) is 16.7. The number of aryl methyl sites for hydroxylation is 2. The first-order chi connectivity index (χ1) is 15.2. The van der Waals surface area contributed by atoms with E-state index in [4.69, 9.17) is 0 Å². The maximum Gasteiger partial charge on any atom is 0.125 e. The van der Waals surface area contributed by atoms with Gasteiger partial charge >= 0.3 is 0 Å². The fraction of sp³-hybridized carbons (Fsp3) is 0.533. The first-order valence-electron chi connectivity index (χ1n) is 12.4. The third-order valence-electron chi connectivity index (χ3n) is 6.49. The predicted octanol–water partition coefficient (Wildman–Crippen LogP) is 7.82. The van der Waals surface area contributed by atoms with Gasteiger partial charge in [-0.15, -0.1) is 0 Å². The molecule has 0 aliphatic heterocycles. The number of aromatic hydroxyl groups is 1. The number of benzene rings is 2. The smallest absolute Gasteiger partial charge is 0.125 e. The van der Waals surface area contributed by atoms with Crippen LogP contribution in [0.1, 0.15) is 108 Å². The van der Waals surface area contributed by atoms with Crippen LogP contribution < -0.4 is 0 Å². The van der Waals surface area contributed by atoms with Crippen LogP contribution in [-0.4, -0.2) is 15.8 Å². The lowest BCUT2D eigenvalue weighted by Gasteiger charge is -2.34. The van der Waals surface area contributed by atoms with Crippen LogP contribution in [0.5, 0.6) is 5.75 Å². The summed E-state index contributed by atoms with van der Waals surface area (Å²) in [4.78, 5) is 0. The summed E-state index contributed by atoms with van der Waals surface area (Å²) in [6, 6.07) is 12.5. The highest BCUT2D eigenvalue weighted by molar-refractivity contribution is 5.50. The Morgan fingerprint density at radius 1 is 0.781 bits per heavy atom. The van der Waals surface area contributed by atoms with Gasteiger partial charge in [-0.3, -0.25) is 0 Å². The van der Waals surface area contributed by atoms with Gasteiger partial charge in [0, 0.05) is 11.0 Å². The topological polar surface area (TPSA) is 40.5 Å². The molecule has 2 aromatic carbocycles.